The number of aromatic carboxylic acids is 1. The number of rotatable bonds is 9. The van der Waals surface area contributed by atoms with Crippen molar-refractivity contribution < 1.29 is 19.4 Å². The van der Waals surface area contributed by atoms with Gasteiger partial charge in [-0.05, 0) is 18.6 Å². The Balaban J connectivity index is 2.14. The summed E-state index contributed by atoms with van der Waals surface area (Å²) in [5, 5.41) is 11.8. The van der Waals surface area contributed by atoms with Gasteiger partial charge in [0.25, 0.3) is 0 Å². The molecule has 0 atom stereocenters. The van der Waals surface area contributed by atoms with E-state index in [1.165, 1.54) is 12.3 Å². The first-order chi connectivity index (χ1) is 8.74. The molecule has 0 aliphatic heterocycles. The van der Waals surface area contributed by atoms with E-state index >= 15 is 0 Å². The molecule has 0 radical (unpaired) electrons. The van der Waals surface area contributed by atoms with Crippen molar-refractivity contribution in [3.63, 3.8) is 0 Å². The maximum absolute atomic E-state index is 10.6. The van der Waals surface area contributed by atoms with Gasteiger partial charge >= 0.3 is 5.97 Å². The highest BCUT2D eigenvalue weighted by molar-refractivity contribution is 5.85. The van der Waals surface area contributed by atoms with E-state index in [0.29, 0.717) is 19.8 Å². The molecule has 1 rings (SSSR count). The number of nitrogens with zero attached hydrogens (tertiary/aromatic N) is 1. The van der Waals surface area contributed by atoms with Crippen LogP contribution >= 0.6 is 0 Å². The molecule has 0 saturated heterocycles. The van der Waals surface area contributed by atoms with Crippen LogP contribution in [-0.4, -0.2) is 49.5 Å². The fourth-order valence-corrected chi connectivity index (χ4v) is 1.28. The monoisotopic (exact) mass is 254 g/mol. The number of hydrogen-bond acceptors (Lipinski definition) is 5. The zero-order valence-electron chi connectivity index (χ0n) is 10.4. The van der Waals surface area contributed by atoms with Crippen molar-refractivity contribution in [1.82, 2.24) is 4.98 Å². The number of ether oxygens (including phenoxy) is 2. The molecule has 2 N–H and O–H groups in total. The average Bonchev–Trinajstić information content (AvgIpc) is 2.38. The Labute approximate surface area is 106 Å². The maximum atomic E-state index is 10.6. The molecule has 6 heteroatoms. The molecular formula is C12H18N2O4. The number of methoxy groups -OCH3 is 1. The van der Waals surface area contributed by atoms with Gasteiger partial charge in [0.2, 0.25) is 0 Å². The number of aromatic nitrogens is 1. The van der Waals surface area contributed by atoms with Gasteiger partial charge in [-0.1, -0.05) is 0 Å². The highest BCUT2D eigenvalue weighted by atomic mass is 16.5. The summed E-state index contributed by atoms with van der Waals surface area (Å²) in [5.74, 6) is -1.02. The summed E-state index contributed by atoms with van der Waals surface area (Å²) in [7, 11) is 1.64. The zero-order valence-corrected chi connectivity index (χ0v) is 10.4. The fourth-order valence-electron chi connectivity index (χ4n) is 1.28. The Bertz CT molecular complexity index is 354. The Hall–Kier alpha value is -1.66. The number of pyridine rings is 1. The Morgan fingerprint density at radius 3 is 2.83 bits per heavy atom. The third-order valence-corrected chi connectivity index (χ3v) is 2.21. The van der Waals surface area contributed by atoms with Gasteiger partial charge in [-0.25, -0.2) is 9.78 Å². The minimum absolute atomic E-state index is 0.0449. The number of carboxylic acids is 1. The first-order valence-electron chi connectivity index (χ1n) is 5.74. The quantitative estimate of drug-likeness (QED) is 0.645. The Kier molecular flexibility index (Phi) is 6.75. The second-order valence-corrected chi connectivity index (χ2v) is 3.62. The van der Waals surface area contributed by atoms with E-state index in [4.69, 9.17) is 14.6 Å². The van der Waals surface area contributed by atoms with E-state index in [1.807, 2.05) is 0 Å². The van der Waals surface area contributed by atoms with Crippen molar-refractivity contribution in [2.75, 3.05) is 38.8 Å². The van der Waals surface area contributed by atoms with Crippen LogP contribution in [-0.2, 0) is 9.47 Å². The van der Waals surface area contributed by atoms with E-state index in [1.54, 1.807) is 13.2 Å². The van der Waals surface area contributed by atoms with Crippen LogP contribution < -0.4 is 5.32 Å². The molecule has 18 heavy (non-hydrogen) atoms. The first kappa shape index (κ1) is 14.4. The van der Waals surface area contributed by atoms with Crippen LogP contribution in [0.5, 0.6) is 0 Å². The van der Waals surface area contributed by atoms with Crippen molar-refractivity contribution >= 4 is 11.7 Å². The number of carbonyl (C=O) groups is 1. The van der Waals surface area contributed by atoms with Gasteiger partial charge in [0.05, 0.1) is 25.1 Å². The minimum Gasteiger partial charge on any atom is -0.477 e. The average molecular weight is 254 g/mol. The van der Waals surface area contributed by atoms with Crippen molar-refractivity contribution in [3.05, 3.63) is 24.0 Å². The lowest BCUT2D eigenvalue weighted by molar-refractivity contribution is 0.0690. The molecule has 0 fully saturated rings. The van der Waals surface area contributed by atoms with E-state index in [0.717, 1.165) is 18.7 Å². The topological polar surface area (TPSA) is 80.7 Å². The second kappa shape index (κ2) is 8.43. The molecule has 1 aromatic rings. The fraction of sp³-hybridized carbons (Fsp3) is 0.500. The summed E-state index contributed by atoms with van der Waals surface area (Å²) in [6.45, 7) is 2.62. The second-order valence-electron chi connectivity index (χ2n) is 3.62. The van der Waals surface area contributed by atoms with Gasteiger partial charge in [0, 0.05) is 20.3 Å². The van der Waals surface area contributed by atoms with Crippen LogP contribution in [0.4, 0.5) is 5.69 Å². The molecule has 0 aliphatic carbocycles. The van der Waals surface area contributed by atoms with E-state index in [2.05, 4.69) is 10.3 Å². The molecule has 0 spiro atoms. The maximum Gasteiger partial charge on any atom is 0.354 e. The molecule has 0 amide bonds. The number of anilines is 1. The Morgan fingerprint density at radius 2 is 2.22 bits per heavy atom. The summed E-state index contributed by atoms with van der Waals surface area (Å²) in [5.41, 5.74) is 0.848. The van der Waals surface area contributed by atoms with Gasteiger partial charge in [0.15, 0.2) is 0 Å². The normalized spacial score (nSPS) is 10.3. The molecule has 0 bridgehead atoms. The van der Waals surface area contributed by atoms with E-state index < -0.39 is 5.97 Å². The molecule has 0 aliphatic rings. The van der Waals surface area contributed by atoms with Crippen LogP contribution in [0.1, 0.15) is 16.9 Å². The van der Waals surface area contributed by atoms with Gasteiger partial charge in [-0.15, -0.1) is 0 Å². The van der Waals surface area contributed by atoms with Gasteiger partial charge in [0.1, 0.15) is 5.69 Å². The predicted octanol–water partition coefficient (Wildman–Crippen LogP) is 1.24. The minimum atomic E-state index is -1.02. The lowest BCUT2D eigenvalue weighted by Crippen LogP contribution is -2.09. The SMILES string of the molecule is COCCOCCCNc1ccc(C(=O)O)nc1. The molecule has 0 unspecified atom stereocenters. The van der Waals surface area contributed by atoms with Crippen molar-refractivity contribution in [3.8, 4) is 0 Å². The van der Waals surface area contributed by atoms with Gasteiger partial charge in [-0.3, -0.25) is 0 Å². The molecule has 0 aromatic carbocycles. The summed E-state index contributed by atoms with van der Waals surface area (Å²) in [6.07, 6.45) is 2.37. The molecule has 6 nitrogen and oxygen atoms in total. The van der Waals surface area contributed by atoms with Crippen molar-refractivity contribution in [2.45, 2.75) is 6.42 Å². The molecule has 100 valence electrons. The van der Waals surface area contributed by atoms with Crippen molar-refractivity contribution in [2.24, 2.45) is 0 Å². The van der Waals surface area contributed by atoms with E-state index in [-0.39, 0.29) is 5.69 Å². The highest BCUT2D eigenvalue weighted by Gasteiger charge is 2.02. The Morgan fingerprint density at radius 1 is 1.39 bits per heavy atom. The number of nitrogens with one attached hydrogen (secondary N) is 1. The smallest absolute Gasteiger partial charge is 0.354 e. The zero-order chi connectivity index (χ0) is 13.2. The lowest BCUT2D eigenvalue weighted by atomic mass is 10.3. The summed E-state index contributed by atoms with van der Waals surface area (Å²) >= 11 is 0. The number of carboxylic acid groups (broad SMARTS) is 1. The summed E-state index contributed by atoms with van der Waals surface area (Å²) in [6, 6.07) is 3.17. The molecule has 1 aromatic heterocycles. The van der Waals surface area contributed by atoms with Crippen LogP contribution in [0.25, 0.3) is 0 Å². The van der Waals surface area contributed by atoms with E-state index in [9.17, 15) is 4.79 Å². The molecule has 1 heterocycles. The standard InChI is InChI=1S/C12H18N2O4/c1-17-7-8-18-6-2-5-13-10-3-4-11(12(15)16)14-9-10/h3-4,9,13H,2,5-8H2,1H3,(H,15,16). The third-order valence-electron chi connectivity index (χ3n) is 2.21. The van der Waals surface area contributed by atoms with Crippen LogP contribution in [0.15, 0.2) is 18.3 Å². The van der Waals surface area contributed by atoms with Crippen LogP contribution in [0.3, 0.4) is 0 Å². The predicted molar refractivity (Wildman–Crippen MR) is 67.0 cm³/mol. The van der Waals surface area contributed by atoms with Crippen molar-refractivity contribution in [1.29, 1.82) is 0 Å². The summed E-state index contributed by atoms with van der Waals surface area (Å²) in [4.78, 5) is 14.4. The van der Waals surface area contributed by atoms with Gasteiger partial charge in [-0.2, -0.15) is 0 Å². The lowest BCUT2D eigenvalue weighted by Gasteiger charge is -2.06. The summed E-state index contributed by atoms with van der Waals surface area (Å²) < 4.78 is 10.2. The molecule has 0 saturated carbocycles. The first-order valence-corrected chi connectivity index (χ1v) is 5.74. The molecular weight excluding hydrogens is 236 g/mol. The largest absolute Gasteiger partial charge is 0.477 e. The number of hydrogen-bond donors (Lipinski definition) is 2. The van der Waals surface area contributed by atoms with Crippen LogP contribution in [0, 0.1) is 0 Å². The van der Waals surface area contributed by atoms with Crippen LogP contribution in [0.2, 0.25) is 0 Å². The third kappa shape index (κ3) is 5.60. The van der Waals surface area contributed by atoms with Gasteiger partial charge < -0.3 is 19.9 Å². The highest BCUT2D eigenvalue weighted by Crippen LogP contribution is 2.05.